The van der Waals surface area contributed by atoms with Gasteiger partial charge < -0.3 is 10.2 Å². The number of nitrogen functional groups attached to an aromatic ring is 1. The van der Waals surface area contributed by atoms with Crippen LogP contribution in [-0.2, 0) is 6.42 Å². The second kappa shape index (κ2) is 5.45. The molecule has 0 radical (unpaired) electrons. The molecule has 0 atom stereocenters. The van der Waals surface area contributed by atoms with Crippen LogP contribution in [0.4, 0.5) is 5.69 Å². The zero-order valence-corrected chi connectivity index (χ0v) is 11.9. The number of hydrazine groups is 1. The van der Waals surface area contributed by atoms with Gasteiger partial charge in [0.15, 0.2) is 0 Å². The van der Waals surface area contributed by atoms with Crippen molar-refractivity contribution < 1.29 is 4.74 Å². The number of hydrogen-bond acceptors (Lipinski definition) is 4. The lowest BCUT2D eigenvalue weighted by atomic mass is 10.0. The van der Waals surface area contributed by atoms with Crippen molar-refractivity contribution in [1.82, 2.24) is 4.98 Å². The summed E-state index contributed by atoms with van der Waals surface area (Å²) in [6.07, 6.45) is 1.04. The minimum absolute atomic E-state index is 0.149. The number of ether oxygens (including phenoxy) is 1. The average Bonchev–Trinajstić information content (AvgIpc) is 2.36. The zero-order valence-electron chi connectivity index (χ0n) is 11.9. The maximum Gasteiger partial charge on any atom is 0.120 e. The van der Waals surface area contributed by atoms with Crippen LogP contribution in [0.2, 0.25) is 0 Å². The lowest BCUT2D eigenvalue weighted by molar-refractivity contribution is 0.243. The Kier molecular flexibility index (Phi) is 3.90. The topological polar surface area (TPSA) is 60.2 Å². The van der Waals surface area contributed by atoms with Crippen LogP contribution in [0.25, 0.3) is 10.9 Å². The molecule has 0 aliphatic heterocycles. The Bertz CT molecular complexity index is 593. The van der Waals surface area contributed by atoms with Crippen LogP contribution in [0.3, 0.4) is 0 Å². The van der Waals surface area contributed by atoms with Gasteiger partial charge in [0.1, 0.15) is 5.75 Å². The number of anilines is 1. The molecule has 0 amide bonds. The lowest BCUT2D eigenvalue weighted by Crippen LogP contribution is -2.12. The summed E-state index contributed by atoms with van der Waals surface area (Å²) >= 11 is 0. The third kappa shape index (κ3) is 2.63. The second-order valence-electron chi connectivity index (χ2n) is 4.89. The van der Waals surface area contributed by atoms with E-state index in [4.69, 9.17) is 10.6 Å². The fraction of sp³-hybridized carbons (Fsp3) is 0.400. The van der Waals surface area contributed by atoms with E-state index in [1.54, 1.807) is 0 Å². The smallest absolute Gasteiger partial charge is 0.120 e. The summed E-state index contributed by atoms with van der Waals surface area (Å²) in [5, 5.41) is 1.00. The number of pyridine rings is 1. The lowest BCUT2D eigenvalue weighted by Gasteiger charge is -2.15. The van der Waals surface area contributed by atoms with Gasteiger partial charge in [0.2, 0.25) is 0 Å². The molecule has 19 heavy (non-hydrogen) atoms. The highest BCUT2D eigenvalue weighted by molar-refractivity contribution is 5.94. The summed E-state index contributed by atoms with van der Waals surface area (Å²) in [6, 6.07) is 5.91. The highest BCUT2D eigenvalue weighted by Gasteiger charge is 2.11. The third-order valence-corrected chi connectivity index (χ3v) is 3.13. The van der Waals surface area contributed by atoms with E-state index in [1.165, 1.54) is 0 Å². The highest BCUT2D eigenvalue weighted by atomic mass is 16.5. The number of nitrogens with two attached hydrogens (primary N) is 1. The third-order valence-electron chi connectivity index (χ3n) is 3.13. The van der Waals surface area contributed by atoms with E-state index >= 15 is 0 Å². The molecule has 0 spiro atoms. The van der Waals surface area contributed by atoms with Crippen molar-refractivity contribution in [1.29, 1.82) is 0 Å². The zero-order chi connectivity index (χ0) is 14.0. The Morgan fingerprint density at radius 2 is 2.11 bits per heavy atom. The van der Waals surface area contributed by atoms with Gasteiger partial charge in [-0.15, -0.1) is 0 Å². The SMILES string of the molecule is CCc1c(C)nc2ccc(OC(C)C)cc2c1NN. The van der Waals surface area contributed by atoms with Crippen molar-refractivity contribution in [2.24, 2.45) is 5.84 Å². The summed E-state index contributed by atoms with van der Waals surface area (Å²) in [5.41, 5.74) is 6.85. The van der Waals surface area contributed by atoms with E-state index < -0.39 is 0 Å². The van der Waals surface area contributed by atoms with Gasteiger partial charge in [-0.2, -0.15) is 0 Å². The number of benzene rings is 1. The molecule has 1 heterocycles. The number of nitrogens with one attached hydrogen (secondary N) is 1. The summed E-state index contributed by atoms with van der Waals surface area (Å²) < 4.78 is 5.73. The molecule has 2 aromatic rings. The number of aromatic nitrogens is 1. The molecule has 3 N–H and O–H groups in total. The van der Waals surface area contributed by atoms with Crippen molar-refractivity contribution in [3.8, 4) is 5.75 Å². The fourth-order valence-electron chi connectivity index (χ4n) is 2.35. The minimum atomic E-state index is 0.149. The van der Waals surface area contributed by atoms with Crippen molar-refractivity contribution >= 4 is 16.6 Å². The molecular weight excluding hydrogens is 238 g/mol. The first-order chi connectivity index (χ1) is 9.06. The van der Waals surface area contributed by atoms with Gasteiger partial charge in [-0.05, 0) is 51.0 Å². The maximum atomic E-state index is 5.73. The number of fused-ring (bicyclic) bond motifs is 1. The maximum absolute atomic E-state index is 5.73. The Balaban J connectivity index is 2.65. The van der Waals surface area contributed by atoms with Crippen LogP contribution in [0.1, 0.15) is 32.0 Å². The predicted octanol–water partition coefficient (Wildman–Crippen LogP) is 3.18. The molecule has 4 heteroatoms. The van der Waals surface area contributed by atoms with E-state index in [1.807, 2.05) is 39.0 Å². The van der Waals surface area contributed by atoms with Crippen molar-refractivity contribution in [3.63, 3.8) is 0 Å². The highest BCUT2D eigenvalue weighted by Crippen LogP contribution is 2.31. The normalized spacial score (nSPS) is 11.1. The van der Waals surface area contributed by atoms with Gasteiger partial charge in [-0.3, -0.25) is 10.8 Å². The van der Waals surface area contributed by atoms with Gasteiger partial charge in [-0.1, -0.05) is 6.92 Å². The predicted molar refractivity (Wildman–Crippen MR) is 79.4 cm³/mol. The quantitative estimate of drug-likeness (QED) is 0.654. The molecule has 0 unspecified atom stereocenters. The Morgan fingerprint density at radius 3 is 2.68 bits per heavy atom. The summed E-state index contributed by atoms with van der Waals surface area (Å²) in [6.45, 7) is 8.14. The average molecular weight is 259 g/mol. The Labute approximate surface area is 113 Å². The van der Waals surface area contributed by atoms with Crippen LogP contribution in [0.5, 0.6) is 5.75 Å². The molecule has 0 aliphatic carbocycles. The standard InChI is InChI=1S/C15H21N3O/c1-5-12-10(4)17-14-7-6-11(19-9(2)3)8-13(14)15(12)18-16/h6-9H,5,16H2,1-4H3,(H,17,18). The number of nitrogens with zero attached hydrogens (tertiary/aromatic N) is 1. The summed E-state index contributed by atoms with van der Waals surface area (Å²) in [5.74, 6) is 6.53. The van der Waals surface area contributed by atoms with E-state index in [0.717, 1.165) is 40.0 Å². The molecule has 0 fully saturated rings. The van der Waals surface area contributed by atoms with Crippen molar-refractivity contribution in [3.05, 3.63) is 29.5 Å². The van der Waals surface area contributed by atoms with E-state index in [0.29, 0.717) is 0 Å². The van der Waals surface area contributed by atoms with E-state index in [2.05, 4.69) is 17.3 Å². The molecule has 0 bridgehead atoms. The number of hydrogen-bond donors (Lipinski definition) is 2. The second-order valence-corrected chi connectivity index (χ2v) is 4.89. The molecule has 0 aliphatic rings. The molecule has 0 saturated heterocycles. The first-order valence-electron chi connectivity index (χ1n) is 6.63. The van der Waals surface area contributed by atoms with Crippen LogP contribution in [0.15, 0.2) is 18.2 Å². The van der Waals surface area contributed by atoms with E-state index in [-0.39, 0.29) is 6.10 Å². The van der Waals surface area contributed by atoms with Gasteiger partial charge in [0.05, 0.1) is 17.3 Å². The molecule has 1 aromatic carbocycles. The van der Waals surface area contributed by atoms with Crippen molar-refractivity contribution in [2.75, 3.05) is 5.43 Å². The minimum Gasteiger partial charge on any atom is -0.491 e. The molecule has 1 aromatic heterocycles. The summed E-state index contributed by atoms with van der Waals surface area (Å²) in [4.78, 5) is 4.62. The Morgan fingerprint density at radius 1 is 1.37 bits per heavy atom. The molecule has 4 nitrogen and oxygen atoms in total. The molecular formula is C15H21N3O. The van der Waals surface area contributed by atoms with Gasteiger partial charge in [0.25, 0.3) is 0 Å². The van der Waals surface area contributed by atoms with Crippen LogP contribution in [0, 0.1) is 6.92 Å². The first-order valence-corrected chi connectivity index (χ1v) is 6.63. The summed E-state index contributed by atoms with van der Waals surface area (Å²) in [7, 11) is 0. The van der Waals surface area contributed by atoms with Crippen LogP contribution >= 0.6 is 0 Å². The number of rotatable bonds is 4. The number of aryl methyl sites for hydroxylation is 1. The van der Waals surface area contributed by atoms with Crippen LogP contribution in [-0.4, -0.2) is 11.1 Å². The van der Waals surface area contributed by atoms with Crippen LogP contribution < -0.4 is 16.0 Å². The van der Waals surface area contributed by atoms with Gasteiger partial charge in [0, 0.05) is 11.1 Å². The first kappa shape index (κ1) is 13.6. The molecule has 102 valence electrons. The van der Waals surface area contributed by atoms with Gasteiger partial charge in [-0.25, -0.2) is 0 Å². The Hall–Kier alpha value is -1.81. The van der Waals surface area contributed by atoms with Gasteiger partial charge >= 0.3 is 0 Å². The molecule has 2 rings (SSSR count). The largest absolute Gasteiger partial charge is 0.491 e. The van der Waals surface area contributed by atoms with E-state index in [9.17, 15) is 0 Å². The van der Waals surface area contributed by atoms with Crippen molar-refractivity contribution in [2.45, 2.75) is 40.2 Å². The fourth-order valence-corrected chi connectivity index (χ4v) is 2.35. The molecule has 0 saturated carbocycles. The monoisotopic (exact) mass is 259 g/mol.